The van der Waals surface area contributed by atoms with Gasteiger partial charge in [0.15, 0.2) is 0 Å². The lowest BCUT2D eigenvalue weighted by Gasteiger charge is -2.22. The Kier molecular flexibility index (Phi) is 6.11. The lowest BCUT2D eigenvalue weighted by atomic mass is 10.1. The number of carbonyl (C=O) groups excluding carboxylic acids is 1. The Morgan fingerprint density at radius 3 is 2.90 bits per heavy atom. The summed E-state index contributed by atoms with van der Waals surface area (Å²) in [5.41, 5.74) is 6.44. The van der Waals surface area contributed by atoms with Crippen LogP contribution in [0.1, 0.15) is 19.3 Å². The predicted octanol–water partition coefficient (Wildman–Crippen LogP) is 3.10. The molecule has 1 aliphatic rings. The molecule has 1 atom stereocenters. The maximum Gasteiger partial charge on any atom is 0.250 e. The zero-order valence-corrected chi connectivity index (χ0v) is 13.0. The molecule has 7 heteroatoms. The lowest BCUT2D eigenvalue weighted by molar-refractivity contribution is -0.122. The van der Waals surface area contributed by atoms with Gasteiger partial charge in [-0.25, -0.2) is 0 Å². The fourth-order valence-electron chi connectivity index (χ4n) is 2.12. The number of nitrogen functional groups attached to an aromatic ring is 1. The highest BCUT2D eigenvalue weighted by molar-refractivity contribution is 6.37. The molecule has 1 aliphatic heterocycles. The molecule has 1 saturated heterocycles. The number of halogens is 2. The number of nitrogens with two attached hydrogens (primary N) is 1. The van der Waals surface area contributed by atoms with Gasteiger partial charge in [-0.15, -0.1) is 0 Å². The fraction of sp³-hybridized carbons (Fsp3) is 0.500. The maximum atomic E-state index is 11.8. The van der Waals surface area contributed by atoms with Crippen LogP contribution in [-0.2, 0) is 14.3 Å². The average molecular weight is 333 g/mol. The van der Waals surface area contributed by atoms with Crippen molar-refractivity contribution in [3.8, 4) is 0 Å². The molecule has 1 fully saturated rings. The molecule has 0 aromatic heterocycles. The van der Waals surface area contributed by atoms with E-state index in [9.17, 15) is 4.79 Å². The van der Waals surface area contributed by atoms with Crippen molar-refractivity contribution in [3.63, 3.8) is 0 Å². The Bertz CT molecular complexity index is 482. The van der Waals surface area contributed by atoms with Gasteiger partial charge in [0.2, 0.25) is 5.91 Å². The molecule has 5 nitrogen and oxygen atoms in total. The first-order chi connectivity index (χ1) is 10.1. The number of rotatable bonds is 5. The average Bonchev–Trinajstić information content (AvgIpc) is 2.44. The van der Waals surface area contributed by atoms with Crippen LogP contribution in [0.2, 0.25) is 10.0 Å². The van der Waals surface area contributed by atoms with E-state index in [0.717, 1.165) is 25.9 Å². The number of hydrogen-bond acceptors (Lipinski definition) is 4. The fourth-order valence-corrected chi connectivity index (χ4v) is 2.68. The van der Waals surface area contributed by atoms with Gasteiger partial charge in [-0.3, -0.25) is 4.79 Å². The predicted molar refractivity (Wildman–Crippen MR) is 83.9 cm³/mol. The molecule has 0 aliphatic carbocycles. The van der Waals surface area contributed by atoms with Crippen LogP contribution >= 0.6 is 23.2 Å². The van der Waals surface area contributed by atoms with Gasteiger partial charge in [0, 0.05) is 11.6 Å². The van der Waals surface area contributed by atoms with Crippen molar-refractivity contribution in [2.45, 2.75) is 25.4 Å². The second-order valence-electron chi connectivity index (χ2n) is 4.90. The number of amides is 1. The Morgan fingerprint density at radius 2 is 2.24 bits per heavy atom. The molecule has 0 radical (unpaired) electrons. The molecular weight excluding hydrogens is 315 g/mol. The van der Waals surface area contributed by atoms with Gasteiger partial charge in [-0.1, -0.05) is 23.2 Å². The van der Waals surface area contributed by atoms with E-state index in [4.69, 9.17) is 38.4 Å². The van der Waals surface area contributed by atoms with E-state index in [1.54, 1.807) is 0 Å². The van der Waals surface area contributed by atoms with E-state index in [0.29, 0.717) is 28.0 Å². The van der Waals surface area contributed by atoms with Gasteiger partial charge < -0.3 is 20.5 Å². The molecule has 1 amide bonds. The molecule has 0 saturated carbocycles. The van der Waals surface area contributed by atoms with Gasteiger partial charge in [-0.05, 0) is 31.4 Å². The van der Waals surface area contributed by atoms with Crippen LogP contribution in [0.4, 0.5) is 11.4 Å². The van der Waals surface area contributed by atoms with Gasteiger partial charge in [0.05, 0.1) is 29.1 Å². The summed E-state index contributed by atoms with van der Waals surface area (Å²) in [6.45, 7) is 1.10. The molecule has 0 spiro atoms. The standard InChI is InChI=1S/C14H18Cl2N2O3/c15-9-5-11(16)14(12(17)6-9)18-13(19)8-20-7-10-3-1-2-4-21-10/h5-6,10H,1-4,7-8,17H2,(H,18,19). The molecule has 21 heavy (non-hydrogen) atoms. The summed E-state index contributed by atoms with van der Waals surface area (Å²) in [7, 11) is 0. The van der Waals surface area contributed by atoms with Crippen molar-refractivity contribution in [1.82, 2.24) is 0 Å². The summed E-state index contributed by atoms with van der Waals surface area (Å²) in [6.07, 6.45) is 3.27. The Hall–Kier alpha value is -1.01. The first kappa shape index (κ1) is 16.4. The molecule has 1 unspecified atom stereocenters. The number of benzene rings is 1. The molecule has 3 N–H and O–H groups in total. The minimum atomic E-state index is -0.318. The molecule has 1 aromatic rings. The highest BCUT2D eigenvalue weighted by atomic mass is 35.5. The highest BCUT2D eigenvalue weighted by Gasteiger charge is 2.15. The molecular formula is C14H18Cl2N2O3. The lowest BCUT2D eigenvalue weighted by Crippen LogP contribution is -2.27. The summed E-state index contributed by atoms with van der Waals surface area (Å²) in [5, 5.41) is 3.34. The smallest absolute Gasteiger partial charge is 0.250 e. The van der Waals surface area contributed by atoms with Crippen LogP contribution in [-0.4, -0.2) is 31.8 Å². The van der Waals surface area contributed by atoms with Crippen molar-refractivity contribution < 1.29 is 14.3 Å². The van der Waals surface area contributed by atoms with E-state index < -0.39 is 0 Å². The highest BCUT2D eigenvalue weighted by Crippen LogP contribution is 2.31. The van der Waals surface area contributed by atoms with Crippen LogP contribution in [0.25, 0.3) is 0 Å². The van der Waals surface area contributed by atoms with Crippen LogP contribution in [0, 0.1) is 0 Å². The first-order valence-electron chi connectivity index (χ1n) is 6.80. The number of ether oxygens (including phenoxy) is 2. The van der Waals surface area contributed by atoms with Gasteiger partial charge in [-0.2, -0.15) is 0 Å². The summed E-state index contributed by atoms with van der Waals surface area (Å²) in [6, 6.07) is 3.05. The van der Waals surface area contributed by atoms with Crippen molar-refractivity contribution >= 4 is 40.5 Å². The monoisotopic (exact) mass is 332 g/mol. The molecule has 0 bridgehead atoms. The van der Waals surface area contributed by atoms with Crippen LogP contribution in [0.3, 0.4) is 0 Å². The Labute approximate surface area is 133 Å². The maximum absolute atomic E-state index is 11.8. The van der Waals surface area contributed by atoms with Crippen molar-refractivity contribution in [3.05, 3.63) is 22.2 Å². The molecule has 1 aromatic carbocycles. The number of hydrogen-bond donors (Lipinski definition) is 2. The third kappa shape index (κ3) is 5.04. The third-order valence-electron chi connectivity index (χ3n) is 3.16. The van der Waals surface area contributed by atoms with Crippen LogP contribution < -0.4 is 11.1 Å². The van der Waals surface area contributed by atoms with Crippen molar-refractivity contribution in [1.29, 1.82) is 0 Å². The molecule has 1 heterocycles. The van der Waals surface area contributed by atoms with Crippen LogP contribution in [0.15, 0.2) is 12.1 Å². The third-order valence-corrected chi connectivity index (χ3v) is 3.68. The summed E-state index contributed by atoms with van der Waals surface area (Å²) in [4.78, 5) is 11.8. The Balaban J connectivity index is 1.79. The van der Waals surface area contributed by atoms with E-state index in [1.807, 2.05) is 0 Å². The van der Waals surface area contributed by atoms with Gasteiger partial charge >= 0.3 is 0 Å². The van der Waals surface area contributed by atoms with Crippen molar-refractivity contribution in [2.24, 2.45) is 0 Å². The first-order valence-corrected chi connectivity index (χ1v) is 7.55. The quantitative estimate of drug-likeness (QED) is 0.812. The zero-order valence-electron chi connectivity index (χ0n) is 11.5. The van der Waals surface area contributed by atoms with E-state index in [2.05, 4.69) is 5.32 Å². The summed E-state index contributed by atoms with van der Waals surface area (Å²) >= 11 is 11.8. The van der Waals surface area contributed by atoms with Gasteiger partial charge in [0.1, 0.15) is 6.61 Å². The normalized spacial score (nSPS) is 18.5. The number of nitrogens with one attached hydrogen (secondary N) is 1. The zero-order chi connectivity index (χ0) is 15.2. The SMILES string of the molecule is Nc1cc(Cl)cc(Cl)c1NC(=O)COCC1CCCCO1. The largest absolute Gasteiger partial charge is 0.397 e. The summed E-state index contributed by atoms with van der Waals surface area (Å²) < 4.78 is 10.9. The van der Waals surface area contributed by atoms with Crippen LogP contribution in [0.5, 0.6) is 0 Å². The number of carbonyl (C=O) groups is 1. The molecule has 2 rings (SSSR count). The van der Waals surface area contributed by atoms with E-state index in [-0.39, 0.29) is 18.6 Å². The topological polar surface area (TPSA) is 73.6 Å². The molecule has 116 valence electrons. The minimum Gasteiger partial charge on any atom is -0.397 e. The number of anilines is 2. The second kappa shape index (κ2) is 7.84. The van der Waals surface area contributed by atoms with E-state index >= 15 is 0 Å². The Morgan fingerprint density at radius 1 is 1.43 bits per heavy atom. The van der Waals surface area contributed by atoms with Crippen molar-refractivity contribution in [2.75, 3.05) is 30.9 Å². The minimum absolute atomic E-state index is 0.0712. The summed E-state index contributed by atoms with van der Waals surface area (Å²) in [5.74, 6) is -0.318. The van der Waals surface area contributed by atoms with Gasteiger partial charge in [0.25, 0.3) is 0 Å². The van der Waals surface area contributed by atoms with E-state index in [1.165, 1.54) is 12.1 Å². The second-order valence-corrected chi connectivity index (χ2v) is 5.75.